The second-order valence-electron chi connectivity index (χ2n) is 8.91. The van der Waals surface area contributed by atoms with Gasteiger partial charge in [-0.3, -0.25) is 4.79 Å². The van der Waals surface area contributed by atoms with Gasteiger partial charge < -0.3 is 9.64 Å². The van der Waals surface area contributed by atoms with Crippen LogP contribution in [-0.2, 0) is 14.8 Å². The van der Waals surface area contributed by atoms with E-state index in [1.165, 1.54) is 4.31 Å². The van der Waals surface area contributed by atoms with Crippen molar-refractivity contribution in [2.24, 2.45) is 5.92 Å². The van der Waals surface area contributed by atoms with Crippen molar-refractivity contribution in [3.63, 3.8) is 0 Å². The summed E-state index contributed by atoms with van der Waals surface area (Å²) in [4.78, 5) is 15.7. The molecule has 0 aromatic heterocycles. The van der Waals surface area contributed by atoms with Gasteiger partial charge in [0.2, 0.25) is 15.9 Å². The van der Waals surface area contributed by atoms with Crippen LogP contribution in [0.3, 0.4) is 0 Å². The van der Waals surface area contributed by atoms with Gasteiger partial charge in [0.05, 0.1) is 18.0 Å². The molecule has 1 amide bonds. The van der Waals surface area contributed by atoms with Gasteiger partial charge in [-0.1, -0.05) is 29.8 Å². The zero-order valence-electron chi connectivity index (χ0n) is 19.1. The van der Waals surface area contributed by atoms with E-state index < -0.39 is 10.0 Å². The molecule has 4 rings (SSSR count). The first-order chi connectivity index (χ1) is 15.3. The number of sulfonamides is 1. The molecule has 0 saturated carbocycles. The minimum absolute atomic E-state index is 0.0644. The third-order valence-corrected chi connectivity index (χ3v) is 8.82. The number of rotatable bonds is 5. The highest BCUT2D eigenvalue weighted by molar-refractivity contribution is 7.89. The Bertz CT molecular complexity index is 1090. The van der Waals surface area contributed by atoms with Gasteiger partial charge in [0.1, 0.15) is 5.75 Å². The highest BCUT2D eigenvalue weighted by Crippen LogP contribution is 2.36. The van der Waals surface area contributed by atoms with Crippen molar-refractivity contribution in [2.45, 2.75) is 50.5 Å². The lowest BCUT2D eigenvalue weighted by Gasteiger charge is -2.34. The molecule has 2 heterocycles. The Balaban J connectivity index is 1.44. The van der Waals surface area contributed by atoms with Crippen LogP contribution in [0.4, 0.5) is 0 Å². The van der Waals surface area contributed by atoms with Crippen molar-refractivity contribution < 1.29 is 17.9 Å². The van der Waals surface area contributed by atoms with E-state index in [1.54, 1.807) is 13.2 Å². The van der Waals surface area contributed by atoms with E-state index in [1.807, 2.05) is 49.1 Å². The molecule has 2 aliphatic rings. The Kier molecular flexibility index (Phi) is 6.58. The number of methoxy groups -OCH3 is 1. The molecule has 7 heteroatoms. The van der Waals surface area contributed by atoms with Crippen LogP contribution in [0.25, 0.3) is 0 Å². The summed E-state index contributed by atoms with van der Waals surface area (Å²) in [5.41, 5.74) is 2.91. The Morgan fingerprint density at radius 1 is 1.00 bits per heavy atom. The number of carbonyl (C=O) groups excluding carboxylic acids is 1. The molecule has 0 aliphatic carbocycles. The van der Waals surface area contributed by atoms with Crippen LogP contribution in [0.1, 0.15) is 48.4 Å². The molecule has 2 aromatic rings. The summed E-state index contributed by atoms with van der Waals surface area (Å²) in [5, 5.41) is 0. The quantitative estimate of drug-likeness (QED) is 0.680. The third kappa shape index (κ3) is 4.41. The molecule has 32 heavy (non-hydrogen) atoms. The number of aryl methyl sites for hydroxylation is 2. The molecule has 1 atom stereocenters. The summed E-state index contributed by atoms with van der Waals surface area (Å²) in [6.45, 7) is 5.30. The summed E-state index contributed by atoms with van der Waals surface area (Å²) in [5.74, 6) is 0.817. The van der Waals surface area contributed by atoms with Gasteiger partial charge in [-0.25, -0.2) is 8.42 Å². The molecule has 0 bridgehead atoms. The minimum atomic E-state index is -3.54. The zero-order chi connectivity index (χ0) is 22.9. The van der Waals surface area contributed by atoms with Crippen LogP contribution >= 0.6 is 0 Å². The van der Waals surface area contributed by atoms with E-state index in [-0.39, 0.29) is 17.9 Å². The van der Waals surface area contributed by atoms with Gasteiger partial charge in [0.25, 0.3) is 0 Å². The molecular formula is C25H32N2O4S. The maximum absolute atomic E-state index is 13.4. The van der Waals surface area contributed by atoms with Crippen LogP contribution in [0, 0.1) is 19.8 Å². The Morgan fingerprint density at radius 2 is 1.75 bits per heavy atom. The van der Waals surface area contributed by atoms with Crippen molar-refractivity contribution in [1.29, 1.82) is 0 Å². The highest BCUT2D eigenvalue weighted by atomic mass is 32.2. The van der Waals surface area contributed by atoms with Gasteiger partial charge in [0.15, 0.2) is 0 Å². The predicted molar refractivity (Wildman–Crippen MR) is 124 cm³/mol. The summed E-state index contributed by atoms with van der Waals surface area (Å²) in [6.07, 6.45) is 3.04. The summed E-state index contributed by atoms with van der Waals surface area (Å²) in [6, 6.07) is 13.4. The number of benzene rings is 2. The molecule has 0 N–H and O–H groups in total. The number of likely N-dealkylation sites (tertiary alicyclic amines) is 1. The van der Waals surface area contributed by atoms with Crippen molar-refractivity contribution in [1.82, 2.24) is 9.21 Å². The number of ether oxygens (including phenoxy) is 1. The van der Waals surface area contributed by atoms with Gasteiger partial charge in [-0.15, -0.1) is 0 Å². The molecule has 2 aliphatic heterocycles. The lowest BCUT2D eigenvalue weighted by molar-refractivity contribution is -0.137. The van der Waals surface area contributed by atoms with Crippen molar-refractivity contribution in [2.75, 3.05) is 26.7 Å². The molecule has 2 fully saturated rings. The number of hydrogen-bond acceptors (Lipinski definition) is 4. The first kappa shape index (κ1) is 22.8. The van der Waals surface area contributed by atoms with E-state index in [9.17, 15) is 13.2 Å². The Hall–Kier alpha value is -2.38. The molecule has 2 aromatic carbocycles. The largest absolute Gasteiger partial charge is 0.497 e. The van der Waals surface area contributed by atoms with Gasteiger partial charge in [0, 0.05) is 25.6 Å². The first-order valence-electron chi connectivity index (χ1n) is 11.3. The Labute approximate surface area is 191 Å². The molecule has 1 unspecified atom stereocenters. The van der Waals surface area contributed by atoms with Crippen LogP contribution in [0.5, 0.6) is 5.75 Å². The fourth-order valence-electron chi connectivity index (χ4n) is 5.03. The number of hydrogen-bond donors (Lipinski definition) is 0. The second kappa shape index (κ2) is 9.24. The summed E-state index contributed by atoms with van der Waals surface area (Å²) < 4.78 is 33.2. The average Bonchev–Trinajstić information content (AvgIpc) is 3.28. The maximum atomic E-state index is 13.4. The lowest BCUT2D eigenvalue weighted by atomic mass is 9.95. The van der Waals surface area contributed by atoms with Gasteiger partial charge in [-0.2, -0.15) is 4.31 Å². The fourth-order valence-corrected chi connectivity index (χ4v) is 6.71. The number of carbonyl (C=O) groups is 1. The number of amides is 1. The lowest BCUT2D eigenvalue weighted by Crippen LogP contribution is -2.44. The SMILES string of the molecule is COc1cccc(C2CCCN2C(=O)C2CCN(S(=O)(=O)c3ccc(C)cc3C)CC2)c1. The van der Waals surface area contributed by atoms with E-state index in [4.69, 9.17) is 4.74 Å². The normalized spacial score (nSPS) is 20.5. The number of nitrogens with zero attached hydrogens (tertiary/aromatic N) is 2. The first-order valence-corrected chi connectivity index (χ1v) is 12.8. The molecular weight excluding hydrogens is 424 g/mol. The molecule has 0 radical (unpaired) electrons. The van der Waals surface area contributed by atoms with E-state index >= 15 is 0 Å². The molecule has 0 spiro atoms. The Morgan fingerprint density at radius 3 is 2.44 bits per heavy atom. The van der Waals surface area contributed by atoms with Crippen LogP contribution in [-0.4, -0.2) is 50.3 Å². The molecule has 6 nitrogen and oxygen atoms in total. The number of piperidine rings is 1. The van der Waals surface area contributed by atoms with Crippen LogP contribution in [0.2, 0.25) is 0 Å². The van der Waals surface area contributed by atoms with Crippen molar-refractivity contribution in [3.8, 4) is 5.75 Å². The smallest absolute Gasteiger partial charge is 0.243 e. The van der Waals surface area contributed by atoms with E-state index in [2.05, 4.69) is 6.07 Å². The van der Waals surface area contributed by atoms with Gasteiger partial charge in [-0.05, 0) is 68.9 Å². The topological polar surface area (TPSA) is 66.9 Å². The third-order valence-electron chi connectivity index (χ3n) is 6.77. The molecule has 172 valence electrons. The van der Waals surface area contributed by atoms with Crippen molar-refractivity contribution >= 4 is 15.9 Å². The van der Waals surface area contributed by atoms with Crippen LogP contribution < -0.4 is 4.74 Å². The molecule has 2 saturated heterocycles. The van der Waals surface area contributed by atoms with Crippen molar-refractivity contribution in [3.05, 3.63) is 59.2 Å². The minimum Gasteiger partial charge on any atom is -0.497 e. The fraction of sp³-hybridized carbons (Fsp3) is 0.480. The maximum Gasteiger partial charge on any atom is 0.243 e. The van der Waals surface area contributed by atoms with E-state index in [0.29, 0.717) is 30.8 Å². The standard InChI is InChI=1S/C25H32N2O4S/c1-18-9-10-24(19(2)16-18)32(29,30)26-14-11-20(12-15-26)25(28)27-13-5-8-23(27)21-6-4-7-22(17-21)31-3/h4,6-7,9-10,16-17,20,23H,5,8,11-15H2,1-3H3. The summed E-state index contributed by atoms with van der Waals surface area (Å²) in [7, 11) is -1.90. The average molecular weight is 457 g/mol. The highest BCUT2D eigenvalue weighted by Gasteiger charge is 2.38. The zero-order valence-corrected chi connectivity index (χ0v) is 19.9. The predicted octanol–water partition coefficient (Wildman–Crippen LogP) is 4.08. The summed E-state index contributed by atoms with van der Waals surface area (Å²) >= 11 is 0. The van der Waals surface area contributed by atoms with Gasteiger partial charge >= 0.3 is 0 Å². The monoisotopic (exact) mass is 456 g/mol. The van der Waals surface area contributed by atoms with E-state index in [0.717, 1.165) is 41.8 Å². The van der Waals surface area contributed by atoms with Crippen LogP contribution in [0.15, 0.2) is 47.4 Å². The second-order valence-corrected chi connectivity index (χ2v) is 10.8.